The molecule has 1 aliphatic rings. The molecule has 4 rings (SSSR count). The summed E-state index contributed by atoms with van der Waals surface area (Å²) in [5.74, 6) is 0. The Kier molecular flexibility index (Phi) is 4.16. The Morgan fingerprint density at radius 1 is 1.04 bits per heavy atom. The van der Waals surface area contributed by atoms with E-state index in [0.717, 1.165) is 37.4 Å². The number of pyridine rings is 3. The Labute approximate surface area is 141 Å². The second-order valence-electron chi connectivity index (χ2n) is 5.96. The molecule has 0 unspecified atom stereocenters. The highest BCUT2D eigenvalue weighted by molar-refractivity contribution is 5.65. The smallest absolute Gasteiger partial charge is 0.0738 e. The van der Waals surface area contributed by atoms with Gasteiger partial charge in [0.1, 0.15) is 0 Å². The number of nitrogens with zero attached hydrogens (tertiary/aromatic N) is 4. The van der Waals surface area contributed by atoms with Crippen LogP contribution in [0.25, 0.3) is 11.3 Å². The molecule has 0 atom stereocenters. The van der Waals surface area contributed by atoms with Crippen LogP contribution in [0.3, 0.4) is 0 Å². The van der Waals surface area contributed by atoms with Crippen LogP contribution in [-0.4, -0.2) is 32.9 Å². The van der Waals surface area contributed by atoms with Crippen LogP contribution in [0.5, 0.6) is 0 Å². The number of fused-ring (bicyclic) bond motifs is 1. The first-order valence-corrected chi connectivity index (χ1v) is 8.13. The minimum absolute atomic E-state index is 0.894. The van der Waals surface area contributed by atoms with Crippen LogP contribution in [0.15, 0.2) is 61.3 Å². The molecule has 4 heterocycles. The van der Waals surface area contributed by atoms with Crippen molar-refractivity contribution in [3.05, 3.63) is 72.4 Å². The molecule has 0 saturated heterocycles. The summed E-state index contributed by atoms with van der Waals surface area (Å²) in [5.41, 5.74) is 5.68. The van der Waals surface area contributed by atoms with Gasteiger partial charge in [-0.3, -0.25) is 19.9 Å². The lowest BCUT2D eigenvalue weighted by molar-refractivity contribution is 0.271. The number of anilines is 1. The van der Waals surface area contributed by atoms with Crippen LogP contribution in [0.2, 0.25) is 0 Å². The molecule has 0 saturated carbocycles. The van der Waals surface area contributed by atoms with Crippen molar-refractivity contribution in [1.29, 1.82) is 0 Å². The molecule has 0 aromatic carbocycles. The second-order valence-corrected chi connectivity index (χ2v) is 5.96. The quantitative estimate of drug-likeness (QED) is 0.805. The molecule has 3 aromatic rings. The summed E-state index contributed by atoms with van der Waals surface area (Å²) in [6.45, 7) is 3.74. The van der Waals surface area contributed by atoms with E-state index in [2.05, 4.69) is 43.4 Å². The molecule has 5 heteroatoms. The van der Waals surface area contributed by atoms with Gasteiger partial charge in [0.15, 0.2) is 0 Å². The van der Waals surface area contributed by atoms with Crippen molar-refractivity contribution in [2.24, 2.45) is 0 Å². The van der Waals surface area contributed by atoms with E-state index in [4.69, 9.17) is 0 Å². The third-order valence-electron chi connectivity index (χ3n) is 4.24. The van der Waals surface area contributed by atoms with E-state index in [-0.39, 0.29) is 0 Å². The molecule has 3 aromatic heterocycles. The minimum atomic E-state index is 0.894. The minimum Gasteiger partial charge on any atom is -0.383 e. The monoisotopic (exact) mass is 317 g/mol. The molecular weight excluding hydrogens is 298 g/mol. The average Bonchev–Trinajstić information content (AvgIpc) is 2.84. The molecule has 0 radical (unpaired) electrons. The van der Waals surface area contributed by atoms with Gasteiger partial charge in [-0.1, -0.05) is 0 Å². The van der Waals surface area contributed by atoms with Crippen molar-refractivity contribution in [2.45, 2.75) is 13.1 Å². The summed E-state index contributed by atoms with van der Waals surface area (Å²) in [5, 5.41) is 3.54. The molecule has 0 amide bonds. The van der Waals surface area contributed by atoms with Gasteiger partial charge in [0.25, 0.3) is 0 Å². The molecule has 0 spiro atoms. The van der Waals surface area contributed by atoms with Crippen LogP contribution in [-0.2, 0) is 13.1 Å². The third kappa shape index (κ3) is 3.26. The van der Waals surface area contributed by atoms with Crippen molar-refractivity contribution >= 4 is 5.69 Å². The molecule has 120 valence electrons. The van der Waals surface area contributed by atoms with E-state index >= 15 is 0 Å². The zero-order valence-corrected chi connectivity index (χ0v) is 13.4. The van der Waals surface area contributed by atoms with E-state index in [1.165, 1.54) is 16.8 Å². The van der Waals surface area contributed by atoms with Crippen molar-refractivity contribution in [2.75, 3.05) is 18.4 Å². The Morgan fingerprint density at radius 2 is 1.96 bits per heavy atom. The fourth-order valence-corrected chi connectivity index (χ4v) is 3.00. The van der Waals surface area contributed by atoms with E-state index in [9.17, 15) is 0 Å². The van der Waals surface area contributed by atoms with Gasteiger partial charge in [-0.05, 0) is 35.9 Å². The number of rotatable bonds is 3. The highest BCUT2D eigenvalue weighted by atomic mass is 15.2. The highest BCUT2D eigenvalue weighted by Crippen LogP contribution is 2.25. The van der Waals surface area contributed by atoms with Gasteiger partial charge >= 0.3 is 0 Å². The summed E-state index contributed by atoms with van der Waals surface area (Å²) in [6, 6.07) is 10.2. The number of hydrogen-bond donors (Lipinski definition) is 1. The van der Waals surface area contributed by atoms with E-state index in [1.54, 1.807) is 6.20 Å². The SMILES string of the molecule is c1cncc(-c2cc3c(cn2)CN(Cc2ccncc2)CCN3)c1. The van der Waals surface area contributed by atoms with Gasteiger partial charge in [-0.2, -0.15) is 0 Å². The molecule has 0 aliphatic carbocycles. The molecule has 0 fully saturated rings. The lowest BCUT2D eigenvalue weighted by Gasteiger charge is -2.19. The van der Waals surface area contributed by atoms with Crippen LogP contribution < -0.4 is 5.32 Å². The molecular formula is C19H19N5. The average molecular weight is 317 g/mol. The Bertz CT molecular complexity index is 805. The second kappa shape index (κ2) is 6.76. The topological polar surface area (TPSA) is 53.9 Å². The molecule has 1 N–H and O–H groups in total. The summed E-state index contributed by atoms with van der Waals surface area (Å²) in [7, 11) is 0. The first-order chi connectivity index (χ1) is 11.9. The molecule has 5 nitrogen and oxygen atoms in total. The first-order valence-electron chi connectivity index (χ1n) is 8.13. The maximum Gasteiger partial charge on any atom is 0.0738 e. The van der Waals surface area contributed by atoms with Gasteiger partial charge in [0, 0.05) is 74.0 Å². The van der Waals surface area contributed by atoms with Crippen LogP contribution >= 0.6 is 0 Å². The van der Waals surface area contributed by atoms with Crippen LogP contribution in [0.1, 0.15) is 11.1 Å². The Hall–Kier alpha value is -2.79. The molecule has 0 bridgehead atoms. The first kappa shape index (κ1) is 14.8. The summed E-state index contributed by atoms with van der Waals surface area (Å²) < 4.78 is 0. The highest BCUT2D eigenvalue weighted by Gasteiger charge is 2.15. The fraction of sp³-hybridized carbons (Fsp3) is 0.211. The van der Waals surface area contributed by atoms with E-state index in [1.807, 2.05) is 36.9 Å². The van der Waals surface area contributed by atoms with E-state index < -0.39 is 0 Å². The predicted molar refractivity (Wildman–Crippen MR) is 94.3 cm³/mol. The van der Waals surface area contributed by atoms with Gasteiger partial charge < -0.3 is 5.32 Å². The van der Waals surface area contributed by atoms with Crippen molar-refractivity contribution in [3.8, 4) is 11.3 Å². The lowest BCUT2D eigenvalue weighted by atomic mass is 10.1. The summed E-state index contributed by atoms with van der Waals surface area (Å²) >= 11 is 0. The largest absolute Gasteiger partial charge is 0.383 e. The number of aromatic nitrogens is 3. The van der Waals surface area contributed by atoms with Crippen LogP contribution in [0, 0.1) is 0 Å². The van der Waals surface area contributed by atoms with Crippen molar-refractivity contribution < 1.29 is 0 Å². The predicted octanol–water partition coefficient (Wildman–Crippen LogP) is 2.97. The maximum absolute atomic E-state index is 4.63. The van der Waals surface area contributed by atoms with Crippen molar-refractivity contribution in [1.82, 2.24) is 19.9 Å². The molecule has 24 heavy (non-hydrogen) atoms. The van der Waals surface area contributed by atoms with Gasteiger partial charge in [-0.25, -0.2) is 0 Å². The zero-order chi connectivity index (χ0) is 16.2. The van der Waals surface area contributed by atoms with Crippen LogP contribution in [0.4, 0.5) is 5.69 Å². The van der Waals surface area contributed by atoms with Gasteiger partial charge in [-0.15, -0.1) is 0 Å². The fourth-order valence-electron chi connectivity index (χ4n) is 3.00. The Morgan fingerprint density at radius 3 is 2.79 bits per heavy atom. The standard InChI is InChI=1S/C19H19N5/c1-2-16(11-21-5-1)18-10-19-17(12-23-18)14-24(9-8-22-19)13-15-3-6-20-7-4-15/h1-7,10-12,22H,8-9,13-14H2. The van der Waals surface area contributed by atoms with Crippen molar-refractivity contribution in [3.63, 3.8) is 0 Å². The molecule has 1 aliphatic heterocycles. The summed E-state index contributed by atoms with van der Waals surface area (Å²) in [4.78, 5) is 15.3. The van der Waals surface area contributed by atoms with Gasteiger partial charge in [0.2, 0.25) is 0 Å². The van der Waals surface area contributed by atoms with Gasteiger partial charge in [0.05, 0.1) is 5.69 Å². The third-order valence-corrected chi connectivity index (χ3v) is 4.24. The van der Waals surface area contributed by atoms with E-state index in [0.29, 0.717) is 0 Å². The maximum atomic E-state index is 4.63. The number of nitrogens with one attached hydrogen (secondary N) is 1. The zero-order valence-electron chi connectivity index (χ0n) is 13.4. The normalized spacial score (nSPS) is 14.5. The lowest BCUT2D eigenvalue weighted by Crippen LogP contribution is -2.25. The number of hydrogen-bond acceptors (Lipinski definition) is 5. The summed E-state index contributed by atoms with van der Waals surface area (Å²) in [6.07, 6.45) is 9.31. The Balaban J connectivity index is 1.56.